The third-order valence-electron chi connectivity index (χ3n) is 1.56. The van der Waals surface area contributed by atoms with E-state index in [0.29, 0.717) is 0 Å². The zero-order valence-electron chi connectivity index (χ0n) is 7.87. The number of alkyl halides is 3. The number of carbonyl (C=O) groups is 1. The van der Waals surface area contributed by atoms with Crippen LogP contribution in [0, 0.1) is 0 Å². The molecular weight excluding hydrogens is 215 g/mol. The van der Waals surface area contributed by atoms with Gasteiger partial charge in [-0.15, -0.1) is 6.58 Å². The number of hydrogen-bond acceptors (Lipinski definition) is 3. The topological polar surface area (TPSA) is 60.8 Å². The average Bonchev–Trinajstić information content (AvgIpc) is 2.01. The van der Waals surface area contributed by atoms with Crippen molar-refractivity contribution < 1.29 is 28.2 Å². The van der Waals surface area contributed by atoms with Crippen LogP contribution in [0.3, 0.4) is 0 Å². The summed E-state index contributed by atoms with van der Waals surface area (Å²) in [5.74, 6) is -1.26. The molecule has 0 spiro atoms. The van der Waals surface area contributed by atoms with Crippen LogP contribution < -0.4 is 0 Å². The van der Waals surface area contributed by atoms with Gasteiger partial charge >= 0.3 is 12.1 Å². The first kappa shape index (κ1) is 13.9. The minimum Gasteiger partial charge on any atom is -0.480 e. The van der Waals surface area contributed by atoms with Gasteiger partial charge in [0, 0.05) is 13.1 Å². The van der Waals surface area contributed by atoms with Crippen molar-refractivity contribution in [3.63, 3.8) is 0 Å². The Bertz CT molecular complexity index is 230. The lowest BCUT2D eigenvalue weighted by molar-refractivity contribution is -0.208. The molecule has 0 aromatic carbocycles. The summed E-state index contributed by atoms with van der Waals surface area (Å²) in [6, 6.07) is 0. The van der Waals surface area contributed by atoms with E-state index in [4.69, 9.17) is 10.2 Å². The summed E-state index contributed by atoms with van der Waals surface area (Å²) in [5, 5.41) is 17.1. The fourth-order valence-corrected chi connectivity index (χ4v) is 0.926. The number of aliphatic hydroxyl groups excluding tert-OH is 1. The first-order chi connectivity index (χ1) is 6.77. The van der Waals surface area contributed by atoms with E-state index in [-0.39, 0.29) is 6.54 Å². The monoisotopic (exact) mass is 227 g/mol. The summed E-state index contributed by atoms with van der Waals surface area (Å²) in [6.07, 6.45) is -6.01. The van der Waals surface area contributed by atoms with Crippen LogP contribution in [0.5, 0.6) is 0 Å². The van der Waals surface area contributed by atoms with Crippen LogP contribution in [0.25, 0.3) is 0 Å². The van der Waals surface area contributed by atoms with E-state index in [0.717, 1.165) is 4.90 Å². The highest BCUT2D eigenvalue weighted by atomic mass is 19.4. The molecular formula is C8H12F3NO3. The van der Waals surface area contributed by atoms with E-state index in [2.05, 4.69) is 6.58 Å². The number of carboxylic acids is 1. The van der Waals surface area contributed by atoms with E-state index in [9.17, 15) is 18.0 Å². The van der Waals surface area contributed by atoms with Gasteiger partial charge in [0.05, 0.1) is 6.54 Å². The molecule has 88 valence electrons. The fourth-order valence-electron chi connectivity index (χ4n) is 0.926. The zero-order valence-corrected chi connectivity index (χ0v) is 7.87. The Morgan fingerprint density at radius 3 is 2.40 bits per heavy atom. The maximum absolute atomic E-state index is 11.9. The molecule has 0 aliphatic rings. The minimum absolute atomic E-state index is 0.0283. The molecule has 0 radical (unpaired) electrons. The molecule has 1 unspecified atom stereocenters. The molecule has 15 heavy (non-hydrogen) atoms. The number of hydrogen-bond donors (Lipinski definition) is 2. The predicted molar refractivity (Wildman–Crippen MR) is 46.3 cm³/mol. The first-order valence-corrected chi connectivity index (χ1v) is 4.07. The first-order valence-electron chi connectivity index (χ1n) is 4.07. The van der Waals surface area contributed by atoms with Gasteiger partial charge in [0.1, 0.15) is 0 Å². The molecule has 4 nitrogen and oxygen atoms in total. The molecule has 1 atom stereocenters. The summed E-state index contributed by atoms with van der Waals surface area (Å²) in [5.41, 5.74) is 0. The van der Waals surface area contributed by atoms with E-state index in [1.54, 1.807) is 0 Å². The van der Waals surface area contributed by atoms with Gasteiger partial charge in [-0.1, -0.05) is 6.08 Å². The van der Waals surface area contributed by atoms with E-state index < -0.39 is 31.3 Å². The second-order valence-corrected chi connectivity index (χ2v) is 2.93. The normalized spacial score (nSPS) is 13.9. The molecule has 0 fully saturated rings. The van der Waals surface area contributed by atoms with Crippen LogP contribution >= 0.6 is 0 Å². The molecule has 2 N–H and O–H groups in total. The summed E-state index contributed by atoms with van der Waals surface area (Å²) in [4.78, 5) is 11.2. The SMILES string of the molecule is C=CCN(CC(=O)O)CC(O)C(F)(F)F. The fraction of sp³-hybridized carbons (Fsp3) is 0.625. The highest BCUT2D eigenvalue weighted by Gasteiger charge is 2.39. The summed E-state index contributed by atoms with van der Waals surface area (Å²) < 4.78 is 35.8. The molecule has 0 aliphatic carbocycles. The quantitative estimate of drug-likeness (QED) is 0.648. The van der Waals surface area contributed by atoms with Crippen LogP contribution in [-0.4, -0.2) is 53.0 Å². The third-order valence-corrected chi connectivity index (χ3v) is 1.56. The Balaban J connectivity index is 4.27. The van der Waals surface area contributed by atoms with Gasteiger partial charge in [-0.3, -0.25) is 9.69 Å². The lowest BCUT2D eigenvalue weighted by Crippen LogP contribution is -2.43. The van der Waals surface area contributed by atoms with Crippen molar-refractivity contribution in [2.75, 3.05) is 19.6 Å². The molecule has 0 amide bonds. The van der Waals surface area contributed by atoms with Gasteiger partial charge in [0.15, 0.2) is 6.10 Å². The van der Waals surface area contributed by atoms with Crippen molar-refractivity contribution in [2.24, 2.45) is 0 Å². The number of aliphatic carboxylic acids is 1. The van der Waals surface area contributed by atoms with E-state index in [1.165, 1.54) is 6.08 Å². The minimum atomic E-state index is -4.74. The van der Waals surface area contributed by atoms with Crippen molar-refractivity contribution in [3.05, 3.63) is 12.7 Å². The Morgan fingerprint density at radius 1 is 1.53 bits per heavy atom. The lowest BCUT2D eigenvalue weighted by Gasteiger charge is -2.23. The predicted octanol–water partition coefficient (Wildman–Crippen LogP) is 0.482. The van der Waals surface area contributed by atoms with Crippen LogP contribution in [-0.2, 0) is 4.79 Å². The summed E-state index contributed by atoms with van der Waals surface area (Å²) in [6.45, 7) is 1.91. The van der Waals surface area contributed by atoms with E-state index >= 15 is 0 Å². The lowest BCUT2D eigenvalue weighted by atomic mass is 10.3. The highest BCUT2D eigenvalue weighted by Crippen LogP contribution is 2.20. The van der Waals surface area contributed by atoms with Crippen molar-refractivity contribution in [3.8, 4) is 0 Å². The molecule has 0 saturated carbocycles. The average molecular weight is 227 g/mol. The van der Waals surface area contributed by atoms with Crippen molar-refractivity contribution in [1.82, 2.24) is 4.90 Å². The van der Waals surface area contributed by atoms with Crippen molar-refractivity contribution in [2.45, 2.75) is 12.3 Å². The van der Waals surface area contributed by atoms with Crippen LogP contribution in [0.15, 0.2) is 12.7 Å². The van der Waals surface area contributed by atoms with Gasteiger partial charge in [-0.25, -0.2) is 0 Å². The Kier molecular flexibility index (Phi) is 5.31. The summed E-state index contributed by atoms with van der Waals surface area (Å²) in [7, 11) is 0. The molecule has 0 saturated heterocycles. The van der Waals surface area contributed by atoms with Crippen LogP contribution in [0.2, 0.25) is 0 Å². The maximum atomic E-state index is 11.9. The Morgan fingerprint density at radius 2 is 2.07 bits per heavy atom. The molecule has 7 heteroatoms. The van der Waals surface area contributed by atoms with Gasteiger partial charge in [-0.05, 0) is 0 Å². The number of carboxylic acid groups (broad SMARTS) is 1. The number of aliphatic hydroxyl groups is 1. The Hall–Kier alpha value is -1.08. The van der Waals surface area contributed by atoms with E-state index in [1.807, 2.05) is 0 Å². The zero-order chi connectivity index (χ0) is 12.1. The van der Waals surface area contributed by atoms with Crippen molar-refractivity contribution >= 4 is 5.97 Å². The summed E-state index contributed by atoms with van der Waals surface area (Å²) >= 11 is 0. The largest absolute Gasteiger partial charge is 0.480 e. The van der Waals surface area contributed by atoms with Crippen LogP contribution in [0.1, 0.15) is 0 Å². The van der Waals surface area contributed by atoms with Gasteiger partial charge in [-0.2, -0.15) is 13.2 Å². The second kappa shape index (κ2) is 5.72. The maximum Gasteiger partial charge on any atom is 0.415 e. The third kappa shape index (κ3) is 6.08. The van der Waals surface area contributed by atoms with Crippen molar-refractivity contribution in [1.29, 1.82) is 0 Å². The molecule has 0 aromatic heterocycles. The molecule has 0 heterocycles. The molecule has 0 aromatic rings. The molecule has 0 bridgehead atoms. The smallest absolute Gasteiger partial charge is 0.415 e. The van der Waals surface area contributed by atoms with Crippen LogP contribution in [0.4, 0.5) is 13.2 Å². The standard InChI is InChI=1S/C8H12F3NO3/c1-2-3-12(5-7(14)15)4-6(13)8(9,10)11/h2,6,13H,1,3-5H2,(H,14,15). The number of halogens is 3. The number of nitrogens with zero attached hydrogens (tertiary/aromatic N) is 1. The van der Waals surface area contributed by atoms with Gasteiger partial charge < -0.3 is 10.2 Å². The van der Waals surface area contributed by atoms with Gasteiger partial charge in [0.2, 0.25) is 0 Å². The highest BCUT2D eigenvalue weighted by molar-refractivity contribution is 5.69. The molecule has 0 rings (SSSR count). The van der Waals surface area contributed by atoms with Gasteiger partial charge in [0.25, 0.3) is 0 Å². The molecule has 0 aliphatic heterocycles. The number of rotatable bonds is 6. The Labute approximate surface area is 84.6 Å². The second-order valence-electron chi connectivity index (χ2n) is 2.93.